The van der Waals surface area contributed by atoms with Gasteiger partial charge in [0.2, 0.25) is 0 Å². The third-order valence-corrected chi connectivity index (χ3v) is 4.37. The van der Waals surface area contributed by atoms with E-state index in [4.69, 9.17) is 9.72 Å². The van der Waals surface area contributed by atoms with Gasteiger partial charge in [0.1, 0.15) is 5.82 Å². The van der Waals surface area contributed by atoms with E-state index in [-0.39, 0.29) is 0 Å². The van der Waals surface area contributed by atoms with Gasteiger partial charge in [-0.1, -0.05) is 6.07 Å². The minimum atomic E-state index is 0.483. The van der Waals surface area contributed by atoms with E-state index in [0.29, 0.717) is 5.41 Å². The molecule has 0 atom stereocenters. The van der Waals surface area contributed by atoms with Gasteiger partial charge in [0.05, 0.1) is 0 Å². The lowest BCUT2D eigenvalue weighted by Gasteiger charge is -2.16. The third kappa shape index (κ3) is 2.51. The number of hydrogen-bond acceptors (Lipinski definition) is 3. The molecule has 0 aliphatic heterocycles. The molecule has 3 rings (SSSR count). The molecule has 0 unspecified atom stereocenters. The van der Waals surface area contributed by atoms with Crippen molar-refractivity contribution in [3.63, 3.8) is 0 Å². The summed E-state index contributed by atoms with van der Waals surface area (Å²) in [6, 6.07) is 4.38. The Balaban J connectivity index is 1.57. The first-order chi connectivity index (χ1) is 8.81. The topological polar surface area (TPSA) is 34.1 Å². The second kappa shape index (κ2) is 4.88. The number of anilines is 1. The number of aryl methyl sites for hydroxylation is 2. The van der Waals surface area contributed by atoms with Crippen molar-refractivity contribution in [3.8, 4) is 0 Å². The van der Waals surface area contributed by atoms with E-state index in [2.05, 4.69) is 17.4 Å². The second-order valence-corrected chi connectivity index (χ2v) is 5.75. The molecule has 1 N–H and O–H groups in total. The van der Waals surface area contributed by atoms with Crippen molar-refractivity contribution in [3.05, 3.63) is 23.4 Å². The zero-order valence-electron chi connectivity index (χ0n) is 11.2. The molecule has 0 saturated heterocycles. The molecule has 0 amide bonds. The molecule has 0 spiro atoms. The average Bonchev–Trinajstić information content (AvgIpc) is 3.02. The molecule has 1 aromatic heterocycles. The molecule has 3 nitrogen and oxygen atoms in total. The van der Waals surface area contributed by atoms with Crippen molar-refractivity contribution >= 4 is 5.82 Å². The number of methoxy groups -OCH3 is 1. The van der Waals surface area contributed by atoms with E-state index >= 15 is 0 Å². The van der Waals surface area contributed by atoms with E-state index in [1.165, 1.54) is 43.4 Å². The summed E-state index contributed by atoms with van der Waals surface area (Å²) in [7, 11) is 1.78. The Hall–Kier alpha value is -1.09. The minimum Gasteiger partial charge on any atom is -0.385 e. The number of nitrogens with one attached hydrogen (secondary N) is 1. The first kappa shape index (κ1) is 12.0. The van der Waals surface area contributed by atoms with Crippen molar-refractivity contribution < 1.29 is 4.74 Å². The zero-order valence-corrected chi connectivity index (χ0v) is 11.2. The van der Waals surface area contributed by atoms with Gasteiger partial charge in [-0.25, -0.2) is 4.98 Å². The molecule has 1 saturated carbocycles. The third-order valence-electron chi connectivity index (χ3n) is 4.37. The highest BCUT2D eigenvalue weighted by atomic mass is 16.5. The number of hydrogen-bond donors (Lipinski definition) is 1. The van der Waals surface area contributed by atoms with Crippen LogP contribution in [0.15, 0.2) is 12.1 Å². The molecule has 0 bridgehead atoms. The first-order valence-corrected chi connectivity index (χ1v) is 7.03. The second-order valence-electron chi connectivity index (χ2n) is 5.75. The predicted octanol–water partition coefficient (Wildman–Crippen LogP) is 2.80. The summed E-state index contributed by atoms with van der Waals surface area (Å²) >= 11 is 0. The van der Waals surface area contributed by atoms with E-state index in [0.717, 1.165) is 25.4 Å². The van der Waals surface area contributed by atoms with Gasteiger partial charge in [0, 0.05) is 26.0 Å². The first-order valence-electron chi connectivity index (χ1n) is 7.03. The molecule has 2 aliphatic rings. The Labute approximate surface area is 109 Å². The lowest BCUT2D eigenvalue weighted by atomic mass is 10.0. The molecule has 1 heterocycles. The Morgan fingerprint density at radius 3 is 3.00 bits per heavy atom. The summed E-state index contributed by atoms with van der Waals surface area (Å²) in [6.45, 7) is 1.92. The Morgan fingerprint density at radius 1 is 1.33 bits per heavy atom. The number of rotatable bonds is 6. The molecule has 0 radical (unpaired) electrons. The van der Waals surface area contributed by atoms with Crippen LogP contribution in [0.2, 0.25) is 0 Å². The molecule has 1 fully saturated rings. The van der Waals surface area contributed by atoms with Gasteiger partial charge in [-0.05, 0) is 55.6 Å². The average molecular weight is 246 g/mol. The maximum Gasteiger partial charge on any atom is 0.126 e. The fraction of sp³-hybridized carbons (Fsp3) is 0.667. The van der Waals surface area contributed by atoms with Gasteiger partial charge < -0.3 is 10.1 Å². The molecule has 1 aromatic rings. The minimum absolute atomic E-state index is 0.483. The lowest BCUT2D eigenvalue weighted by molar-refractivity contribution is 0.175. The predicted molar refractivity (Wildman–Crippen MR) is 72.9 cm³/mol. The van der Waals surface area contributed by atoms with Gasteiger partial charge in [-0.15, -0.1) is 0 Å². The fourth-order valence-electron chi connectivity index (χ4n) is 2.81. The summed E-state index contributed by atoms with van der Waals surface area (Å²) in [5.74, 6) is 1.05. The van der Waals surface area contributed by atoms with Crippen LogP contribution >= 0.6 is 0 Å². The molecule has 98 valence electrons. The Kier molecular flexibility index (Phi) is 3.25. The Bertz CT molecular complexity index is 427. The highest BCUT2D eigenvalue weighted by Crippen LogP contribution is 2.48. The van der Waals surface area contributed by atoms with E-state index in [1.54, 1.807) is 7.11 Å². The zero-order chi connectivity index (χ0) is 12.4. The van der Waals surface area contributed by atoms with Crippen LogP contribution in [0.3, 0.4) is 0 Å². The number of ether oxygens (including phenoxy) is 1. The molecule has 0 aromatic carbocycles. The van der Waals surface area contributed by atoms with Crippen molar-refractivity contribution in [2.45, 2.75) is 38.5 Å². The van der Waals surface area contributed by atoms with Crippen LogP contribution < -0.4 is 5.32 Å². The van der Waals surface area contributed by atoms with Crippen LogP contribution in [0, 0.1) is 5.41 Å². The van der Waals surface area contributed by atoms with Crippen molar-refractivity contribution in [1.82, 2.24) is 4.98 Å². The van der Waals surface area contributed by atoms with Crippen LogP contribution in [0.4, 0.5) is 5.82 Å². The molecule has 18 heavy (non-hydrogen) atoms. The van der Waals surface area contributed by atoms with Crippen LogP contribution in [0.5, 0.6) is 0 Å². The van der Waals surface area contributed by atoms with E-state index < -0.39 is 0 Å². The van der Waals surface area contributed by atoms with Gasteiger partial charge in [-0.2, -0.15) is 0 Å². The number of nitrogens with zero attached hydrogens (tertiary/aromatic N) is 1. The van der Waals surface area contributed by atoms with Gasteiger partial charge in [-0.3, -0.25) is 0 Å². The normalized spacial score (nSPS) is 19.6. The van der Waals surface area contributed by atoms with Gasteiger partial charge >= 0.3 is 0 Å². The lowest BCUT2D eigenvalue weighted by Crippen LogP contribution is -2.18. The molecular formula is C15H22N2O. The number of pyridine rings is 1. The fourth-order valence-corrected chi connectivity index (χ4v) is 2.81. The van der Waals surface area contributed by atoms with Crippen LogP contribution in [-0.2, 0) is 17.6 Å². The van der Waals surface area contributed by atoms with Gasteiger partial charge in [0.15, 0.2) is 0 Å². The monoisotopic (exact) mass is 246 g/mol. The van der Waals surface area contributed by atoms with Crippen molar-refractivity contribution in [2.75, 3.05) is 25.6 Å². The molecule has 3 heteroatoms. The van der Waals surface area contributed by atoms with E-state index in [9.17, 15) is 0 Å². The van der Waals surface area contributed by atoms with Crippen LogP contribution in [0.1, 0.15) is 36.9 Å². The largest absolute Gasteiger partial charge is 0.385 e. The summed E-state index contributed by atoms with van der Waals surface area (Å²) < 4.78 is 5.19. The molecular weight excluding hydrogens is 224 g/mol. The summed E-state index contributed by atoms with van der Waals surface area (Å²) in [5.41, 5.74) is 3.24. The summed E-state index contributed by atoms with van der Waals surface area (Å²) in [5, 5.41) is 3.52. The maximum atomic E-state index is 5.19. The van der Waals surface area contributed by atoms with Gasteiger partial charge in [0.25, 0.3) is 0 Å². The van der Waals surface area contributed by atoms with Crippen LogP contribution in [0.25, 0.3) is 0 Å². The molecule has 2 aliphatic carbocycles. The Morgan fingerprint density at radius 2 is 2.22 bits per heavy atom. The highest BCUT2D eigenvalue weighted by molar-refractivity contribution is 5.40. The summed E-state index contributed by atoms with van der Waals surface area (Å²) in [6.07, 6.45) is 7.45. The SMILES string of the molecule is COCCC1(CNc2ccc3c(n2)CCC3)CC1. The quantitative estimate of drug-likeness (QED) is 0.838. The standard InChI is InChI=1S/C15H22N2O/c1-18-10-9-15(7-8-15)11-16-14-6-5-12-3-2-4-13(12)17-14/h5-6H,2-4,7-11H2,1H3,(H,16,17). The van der Waals surface area contributed by atoms with E-state index in [1.807, 2.05) is 0 Å². The number of aromatic nitrogens is 1. The van der Waals surface area contributed by atoms with Crippen molar-refractivity contribution in [1.29, 1.82) is 0 Å². The maximum absolute atomic E-state index is 5.19. The smallest absolute Gasteiger partial charge is 0.126 e. The van der Waals surface area contributed by atoms with Crippen LogP contribution in [-0.4, -0.2) is 25.2 Å². The number of fused-ring (bicyclic) bond motifs is 1. The van der Waals surface area contributed by atoms with Crippen molar-refractivity contribution in [2.24, 2.45) is 5.41 Å². The highest BCUT2D eigenvalue weighted by Gasteiger charge is 2.41. The summed E-state index contributed by atoms with van der Waals surface area (Å²) in [4.78, 5) is 4.72.